The quantitative estimate of drug-likeness (QED) is 0.381. The molecule has 0 heterocycles. The summed E-state index contributed by atoms with van der Waals surface area (Å²) in [5, 5.41) is 0. The lowest BCUT2D eigenvalue weighted by atomic mass is 10.8. The molecule has 0 aliphatic carbocycles. The van der Waals surface area contributed by atoms with E-state index in [0.717, 1.165) is 0 Å². The van der Waals surface area contributed by atoms with Crippen molar-refractivity contribution in [3.05, 3.63) is 0 Å². The molecule has 0 aromatic rings. The third kappa shape index (κ3) is 6.31. The van der Waals surface area contributed by atoms with Crippen LogP contribution in [0.25, 0.3) is 0 Å². The number of terminal acetylenes is 2. The molecule has 13 heavy (non-hydrogen) atoms. The second kappa shape index (κ2) is 5.72. The predicted octanol–water partition coefficient (Wildman–Crippen LogP) is 0.384. The van der Waals surface area contributed by atoms with E-state index in [4.69, 9.17) is 12.8 Å². The first-order valence-electron chi connectivity index (χ1n) is 3.18. The SMILES string of the molecule is C#CCOS(=O)(=O)C[P+](=O)CC#C. The number of hydrogen-bond donors (Lipinski definition) is 0. The van der Waals surface area contributed by atoms with E-state index in [1.165, 1.54) is 0 Å². The van der Waals surface area contributed by atoms with Crippen molar-refractivity contribution in [3.8, 4) is 24.7 Å². The van der Waals surface area contributed by atoms with Gasteiger partial charge in [-0.1, -0.05) is 16.4 Å². The Morgan fingerprint density at radius 2 is 1.92 bits per heavy atom. The lowest BCUT2D eigenvalue weighted by Gasteiger charge is -1.93. The molecule has 0 aliphatic rings. The van der Waals surface area contributed by atoms with E-state index in [2.05, 4.69) is 10.1 Å². The molecular formula is C7H8O4PS+. The fraction of sp³-hybridized carbons (Fsp3) is 0.429. The van der Waals surface area contributed by atoms with Gasteiger partial charge in [-0.2, -0.15) is 8.42 Å². The van der Waals surface area contributed by atoms with Crippen LogP contribution in [0.15, 0.2) is 0 Å². The van der Waals surface area contributed by atoms with Gasteiger partial charge in [0.25, 0.3) is 5.49 Å². The summed E-state index contributed by atoms with van der Waals surface area (Å²) in [7, 11) is -5.74. The van der Waals surface area contributed by atoms with E-state index in [1.807, 2.05) is 5.92 Å². The highest BCUT2D eigenvalue weighted by molar-refractivity contribution is 7.92. The number of rotatable bonds is 5. The van der Waals surface area contributed by atoms with Crippen LogP contribution in [0.5, 0.6) is 0 Å². The van der Waals surface area contributed by atoms with E-state index >= 15 is 0 Å². The first-order chi connectivity index (χ1) is 6.02. The van der Waals surface area contributed by atoms with Crippen LogP contribution in [0.1, 0.15) is 0 Å². The summed E-state index contributed by atoms with van der Waals surface area (Å²) in [5.41, 5.74) is -0.575. The summed E-state index contributed by atoms with van der Waals surface area (Å²) in [6, 6.07) is 0. The highest BCUT2D eigenvalue weighted by atomic mass is 32.2. The third-order valence-corrected chi connectivity index (χ3v) is 4.32. The van der Waals surface area contributed by atoms with Crippen LogP contribution >= 0.6 is 7.80 Å². The average molecular weight is 219 g/mol. The van der Waals surface area contributed by atoms with Crippen LogP contribution in [0.3, 0.4) is 0 Å². The number of hydrogen-bond acceptors (Lipinski definition) is 4. The van der Waals surface area contributed by atoms with Gasteiger partial charge in [-0.25, -0.2) is 0 Å². The van der Waals surface area contributed by atoms with Crippen molar-refractivity contribution in [2.45, 2.75) is 0 Å². The highest BCUT2D eigenvalue weighted by Gasteiger charge is 2.25. The molecular weight excluding hydrogens is 211 g/mol. The molecule has 1 unspecified atom stereocenters. The average Bonchev–Trinajstić information content (AvgIpc) is 2.00. The fourth-order valence-electron chi connectivity index (χ4n) is 0.485. The molecule has 0 spiro atoms. The molecule has 0 amide bonds. The van der Waals surface area contributed by atoms with Crippen molar-refractivity contribution in [2.75, 3.05) is 18.3 Å². The van der Waals surface area contributed by atoms with E-state index in [0.29, 0.717) is 0 Å². The van der Waals surface area contributed by atoms with Gasteiger partial charge in [0.1, 0.15) is 6.61 Å². The zero-order valence-corrected chi connectivity index (χ0v) is 8.48. The molecule has 0 N–H and O–H groups in total. The third-order valence-electron chi connectivity index (χ3n) is 0.892. The Bertz CT molecular complexity index is 357. The molecule has 0 aromatic carbocycles. The minimum atomic E-state index is -3.79. The summed E-state index contributed by atoms with van der Waals surface area (Å²) in [6.07, 6.45) is 9.55. The first kappa shape index (κ1) is 12.1. The van der Waals surface area contributed by atoms with Crippen molar-refractivity contribution in [1.29, 1.82) is 0 Å². The van der Waals surface area contributed by atoms with E-state index in [-0.39, 0.29) is 12.8 Å². The molecule has 0 rings (SSSR count). The standard InChI is InChI=1S/C7H8O4PS/c1-3-5-11-13(9,10)7-12(8)6-4-2/h1-2H,5-7H2/q+1. The Labute approximate surface area is 78.6 Å². The van der Waals surface area contributed by atoms with Crippen LogP contribution in [-0.4, -0.2) is 26.7 Å². The normalized spacial score (nSPS) is 11.4. The van der Waals surface area contributed by atoms with Crippen LogP contribution in [-0.2, 0) is 18.9 Å². The summed E-state index contributed by atoms with van der Waals surface area (Å²) < 4.78 is 37.0. The smallest absolute Gasteiger partial charge is 0.254 e. The molecule has 0 radical (unpaired) electrons. The van der Waals surface area contributed by atoms with Gasteiger partial charge >= 0.3 is 17.9 Å². The second-order valence-corrected chi connectivity index (χ2v) is 5.66. The summed E-state index contributed by atoms with van der Waals surface area (Å²) in [4.78, 5) is 0. The maximum absolute atomic E-state index is 10.9. The molecule has 1 atom stereocenters. The molecule has 70 valence electrons. The summed E-state index contributed by atoms with van der Waals surface area (Å²) >= 11 is 0. The zero-order chi connectivity index (χ0) is 10.3. The Morgan fingerprint density at radius 3 is 2.38 bits per heavy atom. The van der Waals surface area contributed by atoms with Gasteiger partial charge in [-0.3, -0.25) is 4.18 Å². The van der Waals surface area contributed by atoms with Gasteiger partial charge in [0.2, 0.25) is 6.16 Å². The van der Waals surface area contributed by atoms with Crippen LogP contribution in [0.2, 0.25) is 0 Å². The molecule has 0 saturated heterocycles. The Hall–Kier alpha value is -0.870. The Morgan fingerprint density at radius 1 is 1.31 bits per heavy atom. The Kier molecular flexibility index (Phi) is 5.34. The minimum absolute atomic E-state index is 0.0754. The molecule has 0 saturated carbocycles. The van der Waals surface area contributed by atoms with Gasteiger partial charge in [-0.05, 0) is 0 Å². The van der Waals surface area contributed by atoms with Crippen molar-refractivity contribution >= 4 is 17.9 Å². The largest absolute Gasteiger partial charge is 0.370 e. The van der Waals surface area contributed by atoms with Gasteiger partial charge in [-0.15, -0.1) is 12.8 Å². The van der Waals surface area contributed by atoms with Crippen LogP contribution < -0.4 is 0 Å². The molecule has 6 heteroatoms. The van der Waals surface area contributed by atoms with Gasteiger partial charge in [0.05, 0.1) is 0 Å². The Balaban J connectivity index is 4.14. The maximum atomic E-state index is 10.9. The van der Waals surface area contributed by atoms with E-state index in [9.17, 15) is 13.0 Å². The minimum Gasteiger partial charge on any atom is -0.254 e. The lowest BCUT2D eigenvalue weighted by Crippen LogP contribution is -2.08. The van der Waals surface area contributed by atoms with Crippen molar-refractivity contribution in [3.63, 3.8) is 0 Å². The monoisotopic (exact) mass is 219 g/mol. The maximum Gasteiger partial charge on any atom is 0.370 e. The van der Waals surface area contributed by atoms with E-state index < -0.39 is 23.4 Å². The predicted molar refractivity (Wildman–Crippen MR) is 49.9 cm³/mol. The summed E-state index contributed by atoms with van der Waals surface area (Å²) in [6.45, 7) is -0.346. The van der Waals surface area contributed by atoms with Crippen molar-refractivity contribution in [1.82, 2.24) is 0 Å². The van der Waals surface area contributed by atoms with Gasteiger partial charge < -0.3 is 0 Å². The van der Waals surface area contributed by atoms with Crippen molar-refractivity contribution in [2.24, 2.45) is 0 Å². The first-order valence-corrected chi connectivity index (χ1v) is 6.38. The molecule has 0 bridgehead atoms. The molecule has 4 nitrogen and oxygen atoms in total. The fourth-order valence-corrected chi connectivity index (χ4v) is 3.01. The topological polar surface area (TPSA) is 60.4 Å². The summed E-state index contributed by atoms with van der Waals surface area (Å²) in [5.74, 6) is 4.09. The highest BCUT2D eigenvalue weighted by Crippen LogP contribution is 2.22. The zero-order valence-electron chi connectivity index (χ0n) is 6.76. The van der Waals surface area contributed by atoms with Gasteiger partial charge in [0.15, 0.2) is 0 Å². The van der Waals surface area contributed by atoms with E-state index in [1.54, 1.807) is 0 Å². The molecule has 0 aliphatic heterocycles. The molecule has 0 aromatic heterocycles. The lowest BCUT2D eigenvalue weighted by molar-refractivity contribution is 0.366. The molecule has 0 fully saturated rings. The van der Waals surface area contributed by atoms with Crippen molar-refractivity contribution < 1.29 is 17.2 Å². The van der Waals surface area contributed by atoms with Gasteiger partial charge in [0, 0.05) is 0 Å². The van der Waals surface area contributed by atoms with Crippen LogP contribution in [0, 0.1) is 24.7 Å². The van der Waals surface area contributed by atoms with Crippen LogP contribution in [0.4, 0.5) is 0 Å². The second-order valence-electron chi connectivity index (χ2n) is 2.00.